The zero-order valence-corrected chi connectivity index (χ0v) is 26.1. The molecule has 6 rings (SSSR count). The molecule has 0 unspecified atom stereocenters. The third-order valence-corrected chi connectivity index (χ3v) is 9.62. The van der Waals surface area contributed by atoms with E-state index in [4.69, 9.17) is 14.2 Å². The third kappa shape index (κ3) is 5.29. The van der Waals surface area contributed by atoms with Crippen LogP contribution in [-0.4, -0.2) is 74.5 Å². The SMILES string of the molecule is COc1ccccc1[C@H](Cn1c(=O)n(C(C)(C)C(=O)N2CC=CC2)c(=O)c2c(C)c(-n3nccn3)sc21)OC1CCOCC1. The molecule has 0 radical (unpaired) electrons. The van der Waals surface area contributed by atoms with Gasteiger partial charge >= 0.3 is 5.69 Å². The molecular weight excluding hydrogens is 584 g/mol. The van der Waals surface area contributed by atoms with Gasteiger partial charge < -0.3 is 19.1 Å². The van der Waals surface area contributed by atoms with Crippen LogP contribution in [0.15, 0.2) is 58.4 Å². The van der Waals surface area contributed by atoms with Crippen molar-refractivity contribution in [1.29, 1.82) is 0 Å². The maximum Gasteiger partial charge on any atom is 0.333 e. The smallest absolute Gasteiger partial charge is 0.333 e. The second-order valence-corrected chi connectivity index (χ2v) is 12.5. The summed E-state index contributed by atoms with van der Waals surface area (Å²) in [5.41, 5.74) is -1.18. The first kappa shape index (κ1) is 30.0. The minimum atomic E-state index is -1.46. The van der Waals surface area contributed by atoms with Crippen LogP contribution < -0.4 is 16.0 Å². The number of carbonyl (C=O) groups excluding carboxylic acids is 1. The first-order chi connectivity index (χ1) is 21.2. The molecule has 232 valence electrons. The fourth-order valence-corrected chi connectivity index (χ4v) is 7.20. The monoisotopic (exact) mass is 620 g/mol. The molecule has 1 amide bonds. The van der Waals surface area contributed by atoms with Crippen LogP contribution in [0.5, 0.6) is 5.75 Å². The normalized spacial score (nSPS) is 16.6. The van der Waals surface area contributed by atoms with Crippen LogP contribution in [0.1, 0.15) is 43.9 Å². The molecule has 1 atom stereocenters. The van der Waals surface area contributed by atoms with E-state index in [9.17, 15) is 14.4 Å². The number of para-hydroxylation sites is 1. The molecule has 44 heavy (non-hydrogen) atoms. The molecular formula is C31H36N6O6S. The van der Waals surface area contributed by atoms with Gasteiger partial charge in [-0.25, -0.2) is 9.36 Å². The summed E-state index contributed by atoms with van der Waals surface area (Å²) in [6.45, 7) is 7.17. The average molecular weight is 621 g/mol. The van der Waals surface area contributed by atoms with Crippen molar-refractivity contribution in [3.63, 3.8) is 0 Å². The topological polar surface area (TPSA) is 123 Å². The molecule has 2 aliphatic heterocycles. The van der Waals surface area contributed by atoms with E-state index in [2.05, 4.69) is 10.2 Å². The fourth-order valence-electron chi connectivity index (χ4n) is 5.98. The Morgan fingerprint density at radius 3 is 2.48 bits per heavy atom. The van der Waals surface area contributed by atoms with Crippen LogP contribution >= 0.6 is 11.3 Å². The molecule has 12 nitrogen and oxygen atoms in total. The standard InChI is InChI=1S/C31H36N6O6S/c1-20-25-26(38)36(31(2,3)29(39)34-15-7-8-16-34)30(40)35(28(25)44-27(20)37-32-13-14-33-37)19-24(43-21-11-17-42-18-12-21)22-9-5-6-10-23(22)41-4/h5-10,13-14,21,24H,11-12,15-19H2,1-4H3/t24-/m0/s1. The van der Waals surface area contributed by atoms with Crippen molar-refractivity contribution in [1.82, 2.24) is 29.0 Å². The van der Waals surface area contributed by atoms with Gasteiger partial charge in [0.15, 0.2) is 0 Å². The number of fused-ring (bicyclic) bond motifs is 1. The van der Waals surface area contributed by atoms with Crippen molar-refractivity contribution in [2.24, 2.45) is 0 Å². The van der Waals surface area contributed by atoms with Gasteiger partial charge in [-0.05, 0) is 39.7 Å². The number of thiophene rings is 1. The van der Waals surface area contributed by atoms with E-state index >= 15 is 0 Å². The number of ether oxygens (including phenoxy) is 3. The third-order valence-electron chi connectivity index (χ3n) is 8.33. The minimum Gasteiger partial charge on any atom is -0.496 e. The lowest BCUT2D eigenvalue weighted by atomic mass is 10.0. The summed E-state index contributed by atoms with van der Waals surface area (Å²) in [4.78, 5) is 46.2. The highest BCUT2D eigenvalue weighted by molar-refractivity contribution is 7.21. The van der Waals surface area contributed by atoms with Crippen molar-refractivity contribution < 1.29 is 19.0 Å². The van der Waals surface area contributed by atoms with Gasteiger partial charge in [0, 0.05) is 37.4 Å². The Hall–Kier alpha value is -4.07. The summed E-state index contributed by atoms with van der Waals surface area (Å²) in [7, 11) is 1.60. The highest BCUT2D eigenvalue weighted by atomic mass is 32.1. The Morgan fingerprint density at radius 1 is 1.11 bits per heavy atom. The van der Waals surface area contributed by atoms with E-state index in [1.165, 1.54) is 16.1 Å². The summed E-state index contributed by atoms with van der Waals surface area (Å²) in [6, 6.07) is 7.57. The van der Waals surface area contributed by atoms with Crippen molar-refractivity contribution in [3.05, 3.63) is 80.8 Å². The van der Waals surface area contributed by atoms with Crippen molar-refractivity contribution in [2.45, 2.75) is 57.9 Å². The average Bonchev–Trinajstić information content (AvgIpc) is 3.81. The van der Waals surface area contributed by atoms with Crippen LogP contribution in [0.4, 0.5) is 0 Å². The van der Waals surface area contributed by atoms with Gasteiger partial charge in [0.05, 0.1) is 37.5 Å². The number of rotatable bonds is 9. The lowest BCUT2D eigenvalue weighted by molar-refractivity contribution is -0.138. The molecule has 4 aromatic rings. The van der Waals surface area contributed by atoms with Gasteiger partial charge in [-0.1, -0.05) is 41.7 Å². The molecule has 13 heteroatoms. The Morgan fingerprint density at radius 2 is 1.80 bits per heavy atom. The summed E-state index contributed by atoms with van der Waals surface area (Å²) < 4.78 is 20.6. The van der Waals surface area contributed by atoms with Gasteiger partial charge in [0.2, 0.25) is 5.91 Å². The number of carbonyl (C=O) groups is 1. The van der Waals surface area contributed by atoms with Gasteiger partial charge in [0.1, 0.15) is 27.2 Å². The molecule has 1 aromatic carbocycles. The number of hydrogen-bond donors (Lipinski definition) is 0. The minimum absolute atomic E-state index is 0.0782. The molecule has 1 saturated heterocycles. The lowest BCUT2D eigenvalue weighted by Gasteiger charge is -2.32. The Balaban J connectivity index is 1.56. The first-order valence-corrected chi connectivity index (χ1v) is 15.5. The van der Waals surface area contributed by atoms with Gasteiger partial charge in [-0.2, -0.15) is 10.2 Å². The largest absolute Gasteiger partial charge is 0.496 e. The van der Waals surface area contributed by atoms with Crippen molar-refractivity contribution in [2.75, 3.05) is 33.4 Å². The first-order valence-electron chi connectivity index (χ1n) is 14.7. The molecule has 0 bridgehead atoms. The van der Waals surface area contributed by atoms with Gasteiger partial charge in [0.25, 0.3) is 5.56 Å². The van der Waals surface area contributed by atoms with Crippen LogP contribution in [0.2, 0.25) is 0 Å². The second kappa shape index (κ2) is 12.1. The molecule has 0 N–H and O–H groups in total. The molecule has 5 heterocycles. The summed E-state index contributed by atoms with van der Waals surface area (Å²) in [5.74, 6) is 0.317. The van der Waals surface area contributed by atoms with Gasteiger partial charge in [-0.15, -0.1) is 4.80 Å². The molecule has 0 aliphatic carbocycles. The zero-order valence-electron chi connectivity index (χ0n) is 25.3. The highest BCUT2D eigenvalue weighted by Crippen LogP contribution is 2.35. The molecule has 0 spiro atoms. The molecule has 3 aromatic heterocycles. The van der Waals surface area contributed by atoms with Gasteiger partial charge in [-0.3, -0.25) is 14.2 Å². The van der Waals surface area contributed by atoms with E-state index in [1.54, 1.807) is 42.8 Å². The second-order valence-electron chi connectivity index (χ2n) is 11.5. The Labute approximate surface area is 258 Å². The summed E-state index contributed by atoms with van der Waals surface area (Å²) in [6.07, 6.45) is 7.65. The highest BCUT2D eigenvalue weighted by Gasteiger charge is 2.39. The number of nitrogens with zero attached hydrogens (tertiary/aromatic N) is 6. The van der Waals surface area contributed by atoms with E-state index in [1.807, 2.05) is 43.3 Å². The predicted octanol–water partition coefficient (Wildman–Crippen LogP) is 3.19. The lowest BCUT2D eigenvalue weighted by Crippen LogP contribution is -2.56. The summed E-state index contributed by atoms with van der Waals surface area (Å²) in [5, 5.41) is 9.52. The van der Waals surface area contributed by atoms with Crippen molar-refractivity contribution >= 4 is 27.5 Å². The van der Waals surface area contributed by atoms with Crippen LogP contribution in [-0.2, 0) is 26.4 Å². The quantitative estimate of drug-likeness (QED) is 0.262. The van der Waals surface area contributed by atoms with E-state index in [0.29, 0.717) is 65.7 Å². The van der Waals surface area contributed by atoms with Crippen LogP contribution in [0.25, 0.3) is 15.2 Å². The Kier molecular flexibility index (Phi) is 8.27. The van der Waals surface area contributed by atoms with E-state index in [-0.39, 0.29) is 18.6 Å². The van der Waals surface area contributed by atoms with Crippen LogP contribution in [0.3, 0.4) is 0 Å². The predicted molar refractivity (Wildman–Crippen MR) is 166 cm³/mol. The van der Waals surface area contributed by atoms with Crippen molar-refractivity contribution in [3.8, 4) is 10.8 Å². The number of methoxy groups -OCH3 is 1. The number of aryl methyl sites for hydroxylation is 1. The Bertz CT molecular complexity index is 1810. The van der Waals surface area contributed by atoms with E-state index in [0.717, 1.165) is 10.1 Å². The maximum absolute atomic E-state index is 14.6. The number of benzene rings is 1. The molecule has 1 fully saturated rings. The number of aromatic nitrogens is 5. The fraction of sp³-hybridized carbons (Fsp3) is 0.452. The van der Waals surface area contributed by atoms with E-state index < -0.39 is 22.9 Å². The molecule has 0 saturated carbocycles. The van der Waals surface area contributed by atoms with Crippen LogP contribution in [0, 0.1) is 6.92 Å². The summed E-state index contributed by atoms with van der Waals surface area (Å²) >= 11 is 1.26. The number of amides is 1. The maximum atomic E-state index is 14.6. The molecule has 2 aliphatic rings. The number of hydrogen-bond acceptors (Lipinski definition) is 9. The zero-order chi connectivity index (χ0) is 31.0.